The van der Waals surface area contributed by atoms with E-state index in [1.807, 2.05) is 6.92 Å². The van der Waals surface area contributed by atoms with Gasteiger partial charge >= 0.3 is 0 Å². The molecule has 0 spiro atoms. The molecule has 86 valence electrons. The summed E-state index contributed by atoms with van der Waals surface area (Å²) in [5, 5.41) is 9.73. The summed E-state index contributed by atoms with van der Waals surface area (Å²) in [6.07, 6.45) is 7.55. The van der Waals surface area contributed by atoms with Gasteiger partial charge in [-0.2, -0.15) is 0 Å². The largest absolute Gasteiger partial charge is 0.389 e. The van der Waals surface area contributed by atoms with Crippen LogP contribution in [0.3, 0.4) is 0 Å². The SMILES string of the molecule is CCC(O)/C(C)=C/[C@H]1CC(C)=CC[C@@H]1C. The van der Waals surface area contributed by atoms with Gasteiger partial charge < -0.3 is 5.11 Å². The summed E-state index contributed by atoms with van der Waals surface area (Å²) in [6.45, 7) is 8.58. The molecule has 0 aliphatic heterocycles. The first kappa shape index (κ1) is 12.5. The summed E-state index contributed by atoms with van der Waals surface area (Å²) in [6, 6.07) is 0. The highest BCUT2D eigenvalue weighted by atomic mass is 16.3. The molecular weight excluding hydrogens is 184 g/mol. The third-order valence-corrected chi connectivity index (χ3v) is 3.52. The standard InChI is InChI=1S/C14H24O/c1-5-14(15)12(4)9-13-8-10(2)6-7-11(13)3/h6,9,11,13-15H,5,7-8H2,1-4H3/b12-9+/t11-,13+,14?/m0/s1. The minimum atomic E-state index is -0.247. The minimum Gasteiger partial charge on any atom is -0.389 e. The van der Waals surface area contributed by atoms with Crippen LogP contribution in [0.5, 0.6) is 0 Å². The quantitative estimate of drug-likeness (QED) is 0.701. The van der Waals surface area contributed by atoms with E-state index in [2.05, 4.69) is 32.9 Å². The average molecular weight is 208 g/mol. The van der Waals surface area contributed by atoms with Gasteiger partial charge in [-0.05, 0) is 50.5 Å². The Morgan fingerprint density at radius 2 is 2.33 bits per heavy atom. The van der Waals surface area contributed by atoms with Crippen molar-refractivity contribution >= 4 is 0 Å². The summed E-state index contributed by atoms with van der Waals surface area (Å²) < 4.78 is 0. The summed E-state index contributed by atoms with van der Waals surface area (Å²) >= 11 is 0. The molecule has 1 heteroatoms. The van der Waals surface area contributed by atoms with Crippen molar-refractivity contribution in [1.29, 1.82) is 0 Å². The Morgan fingerprint density at radius 1 is 1.67 bits per heavy atom. The van der Waals surface area contributed by atoms with Gasteiger partial charge in [0.25, 0.3) is 0 Å². The number of aliphatic hydroxyl groups excluding tert-OH is 1. The summed E-state index contributed by atoms with van der Waals surface area (Å²) in [5.74, 6) is 1.34. The lowest BCUT2D eigenvalue weighted by atomic mass is 9.80. The first-order chi connectivity index (χ1) is 7.04. The second kappa shape index (κ2) is 5.50. The fourth-order valence-electron chi connectivity index (χ4n) is 2.21. The number of hydrogen-bond donors (Lipinski definition) is 1. The molecule has 0 aromatic rings. The fraction of sp³-hybridized carbons (Fsp3) is 0.714. The van der Waals surface area contributed by atoms with Crippen molar-refractivity contribution in [1.82, 2.24) is 0 Å². The Hall–Kier alpha value is -0.560. The summed E-state index contributed by atoms with van der Waals surface area (Å²) in [5.41, 5.74) is 2.64. The summed E-state index contributed by atoms with van der Waals surface area (Å²) in [4.78, 5) is 0. The van der Waals surface area contributed by atoms with Crippen molar-refractivity contribution < 1.29 is 5.11 Å². The molecule has 0 heterocycles. The van der Waals surface area contributed by atoms with Crippen LogP contribution in [-0.2, 0) is 0 Å². The number of rotatable bonds is 3. The van der Waals surface area contributed by atoms with E-state index in [9.17, 15) is 5.11 Å². The highest BCUT2D eigenvalue weighted by Gasteiger charge is 2.19. The van der Waals surface area contributed by atoms with Gasteiger partial charge in [0.2, 0.25) is 0 Å². The van der Waals surface area contributed by atoms with Crippen LogP contribution in [-0.4, -0.2) is 11.2 Å². The smallest absolute Gasteiger partial charge is 0.0744 e. The molecule has 1 N–H and O–H groups in total. The van der Waals surface area contributed by atoms with E-state index in [0.29, 0.717) is 11.8 Å². The fourth-order valence-corrected chi connectivity index (χ4v) is 2.21. The van der Waals surface area contributed by atoms with Gasteiger partial charge in [-0.3, -0.25) is 0 Å². The van der Waals surface area contributed by atoms with Crippen molar-refractivity contribution in [2.24, 2.45) is 11.8 Å². The van der Waals surface area contributed by atoms with Crippen LogP contribution < -0.4 is 0 Å². The van der Waals surface area contributed by atoms with Gasteiger partial charge in [0.05, 0.1) is 6.10 Å². The third kappa shape index (κ3) is 3.49. The maximum absolute atomic E-state index is 9.73. The molecule has 0 aromatic carbocycles. The van der Waals surface area contributed by atoms with Crippen LogP contribution in [0.15, 0.2) is 23.3 Å². The van der Waals surface area contributed by atoms with Crippen molar-refractivity contribution in [3.8, 4) is 0 Å². The van der Waals surface area contributed by atoms with Gasteiger partial charge in [-0.1, -0.05) is 31.6 Å². The average Bonchev–Trinajstić information content (AvgIpc) is 2.22. The van der Waals surface area contributed by atoms with Crippen molar-refractivity contribution in [3.05, 3.63) is 23.3 Å². The number of allylic oxidation sites excluding steroid dienone is 3. The molecule has 0 saturated carbocycles. The Kier molecular flexibility index (Phi) is 4.59. The lowest BCUT2D eigenvalue weighted by Crippen LogP contribution is -2.16. The van der Waals surface area contributed by atoms with E-state index in [1.54, 1.807) is 0 Å². The van der Waals surface area contributed by atoms with Crippen LogP contribution in [0.2, 0.25) is 0 Å². The molecular formula is C14H24O. The van der Waals surface area contributed by atoms with Gasteiger partial charge in [-0.15, -0.1) is 0 Å². The molecule has 0 bridgehead atoms. The molecule has 0 amide bonds. The Labute approximate surface area is 93.9 Å². The molecule has 0 aromatic heterocycles. The molecule has 15 heavy (non-hydrogen) atoms. The second-order valence-electron chi connectivity index (χ2n) is 4.97. The predicted octanol–water partition coefficient (Wildman–Crippen LogP) is 3.70. The van der Waals surface area contributed by atoms with Crippen LogP contribution in [0, 0.1) is 11.8 Å². The first-order valence-corrected chi connectivity index (χ1v) is 6.06. The molecule has 0 saturated heterocycles. The van der Waals surface area contributed by atoms with Crippen molar-refractivity contribution in [2.45, 2.75) is 53.1 Å². The summed E-state index contributed by atoms with van der Waals surface area (Å²) in [7, 11) is 0. The zero-order chi connectivity index (χ0) is 11.4. The third-order valence-electron chi connectivity index (χ3n) is 3.52. The highest BCUT2D eigenvalue weighted by Crippen LogP contribution is 2.31. The molecule has 1 rings (SSSR count). The zero-order valence-corrected chi connectivity index (χ0v) is 10.5. The van der Waals surface area contributed by atoms with E-state index in [1.165, 1.54) is 12.0 Å². The van der Waals surface area contributed by atoms with E-state index in [0.717, 1.165) is 18.4 Å². The normalized spacial score (nSPS) is 29.9. The predicted molar refractivity (Wildman–Crippen MR) is 65.7 cm³/mol. The number of hydrogen-bond acceptors (Lipinski definition) is 1. The van der Waals surface area contributed by atoms with Crippen LogP contribution in [0.25, 0.3) is 0 Å². The molecule has 1 aliphatic rings. The van der Waals surface area contributed by atoms with Crippen LogP contribution >= 0.6 is 0 Å². The maximum atomic E-state index is 9.73. The van der Waals surface area contributed by atoms with Gasteiger partial charge in [0.1, 0.15) is 0 Å². The Balaban J connectivity index is 2.68. The number of aliphatic hydroxyl groups is 1. The molecule has 1 unspecified atom stereocenters. The molecule has 0 radical (unpaired) electrons. The molecule has 1 aliphatic carbocycles. The Bertz CT molecular complexity index is 263. The van der Waals surface area contributed by atoms with Gasteiger partial charge in [0.15, 0.2) is 0 Å². The highest BCUT2D eigenvalue weighted by molar-refractivity contribution is 5.14. The monoisotopic (exact) mass is 208 g/mol. The van der Waals surface area contributed by atoms with Crippen molar-refractivity contribution in [2.75, 3.05) is 0 Å². The second-order valence-corrected chi connectivity index (χ2v) is 4.97. The van der Waals surface area contributed by atoms with Crippen LogP contribution in [0.4, 0.5) is 0 Å². The maximum Gasteiger partial charge on any atom is 0.0744 e. The first-order valence-electron chi connectivity index (χ1n) is 6.06. The van der Waals surface area contributed by atoms with E-state index >= 15 is 0 Å². The van der Waals surface area contributed by atoms with E-state index < -0.39 is 0 Å². The lowest BCUT2D eigenvalue weighted by Gasteiger charge is -2.26. The van der Waals surface area contributed by atoms with E-state index in [4.69, 9.17) is 0 Å². The van der Waals surface area contributed by atoms with Crippen LogP contribution in [0.1, 0.15) is 47.0 Å². The zero-order valence-electron chi connectivity index (χ0n) is 10.5. The molecule has 1 nitrogen and oxygen atoms in total. The van der Waals surface area contributed by atoms with E-state index in [-0.39, 0.29) is 6.10 Å². The van der Waals surface area contributed by atoms with Crippen molar-refractivity contribution in [3.63, 3.8) is 0 Å². The Morgan fingerprint density at radius 3 is 2.93 bits per heavy atom. The molecule has 0 fully saturated rings. The minimum absolute atomic E-state index is 0.247. The lowest BCUT2D eigenvalue weighted by molar-refractivity contribution is 0.204. The van der Waals surface area contributed by atoms with Gasteiger partial charge in [0, 0.05) is 0 Å². The van der Waals surface area contributed by atoms with Gasteiger partial charge in [-0.25, -0.2) is 0 Å². The topological polar surface area (TPSA) is 20.2 Å². The molecule has 3 atom stereocenters.